The number of aromatic hydroxyl groups is 2. The zero-order valence-electron chi connectivity index (χ0n) is 10.7. The number of hydrogen-bond acceptors (Lipinski definition) is 4. The van der Waals surface area contributed by atoms with Gasteiger partial charge in [-0.3, -0.25) is 4.79 Å². The highest BCUT2D eigenvalue weighted by molar-refractivity contribution is 9.08. The molecule has 2 aromatic heterocycles. The van der Waals surface area contributed by atoms with Crippen LogP contribution in [0.5, 0.6) is 11.5 Å². The molecule has 2 heterocycles. The van der Waals surface area contributed by atoms with Crippen LogP contribution in [0.25, 0.3) is 27.2 Å². The molecule has 2 N–H and O–H groups in total. The molecule has 0 amide bonds. The predicted octanol–water partition coefficient (Wildman–Crippen LogP) is 2.74. The third kappa shape index (κ3) is 1.45. The van der Waals surface area contributed by atoms with Crippen molar-refractivity contribution in [1.82, 2.24) is 9.61 Å². The van der Waals surface area contributed by atoms with Gasteiger partial charge in [0.15, 0.2) is 0 Å². The van der Waals surface area contributed by atoms with E-state index < -0.39 is 0 Å². The van der Waals surface area contributed by atoms with E-state index in [2.05, 4.69) is 21.0 Å². The number of halogens is 1. The summed E-state index contributed by atoms with van der Waals surface area (Å²) >= 11 is 3.38. The minimum absolute atomic E-state index is 0.108. The molecule has 104 valence electrons. The van der Waals surface area contributed by atoms with Gasteiger partial charge in [-0.05, 0) is 24.3 Å². The molecule has 5 nitrogen and oxygen atoms in total. The predicted molar refractivity (Wildman–Crippen MR) is 83.6 cm³/mol. The monoisotopic (exact) mass is 344 g/mol. The first-order valence-electron chi connectivity index (χ1n) is 6.30. The molecule has 0 aliphatic carbocycles. The van der Waals surface area contributed by atoms with Crippen molar-refractivity contribution >= 4 is 43.1 Å². The summed E-state index contributed by atoms with van der Waals surface area (Å²) in [5.74, 6) is -0.223. The zero-order chi connectivity index (χ0) is 14.7. The molecule has 0 aliphatic heterocycles. The van der Waals surface area contributed by atoms with Crippen LogP contribution in [-0.2, 0) is 5.33 Å². The summed E-state index contributed by atoms with van der Waals surface area (Å²) in [7, 11) is 0. The Hall–Kier alpha value is -2.34. The van der Waals surface area contributed by atoms with Gasteiger partial charge in [0, 0.05) is 10.7 Å². The number of nitrogens with zero attached hydrogens (tertiary/aromatic N) is 2. The van der Waals surface area contributed by atoms with Gasteiger partial charge in [-0.1, -0.05) is 22.0 Å². The molecule has 0 spiro atoms. The van der Waals surface area contributed by atoms with Gasteiger partial charge >= 0.3 is 0 Å². The van der Waals surface area contributed by atoms with E-state index >= 15 is 0 Å². The zero-order valence-corrected chi connectivity index (χ0v) is 12.3. The minimum atomic E-state index is -0.389. The fourth-order valence-corrected chi connectivity index (χ4v) is 3.23. The van der Waals surface area contributed by atoms with Crippen LogP contribution in [-0.4, -0.2) is 19.8 Å². The molecule has 0 bridgehead atoms. The average molecular weight is 345 g/mol. The lowest BCUT2D eigenvalue weighted by Crippen LogP contribution is -2.07. The maximum atomic E-state index is 12.7. The van der Waals surface area contributed by atoms with Crippen LogP contribution in [0.4, 0.5) is 0 Å². The van der Waals surface area contributed by atoms with Gasteiger partial charge in [-0.15, -0.1) is 0 Å². The van der Waals surface area contributed by atoms with Crippen molar-refractivity contribution < 1.29 is 10.2 Å². The van der Waals surface area contributed by atoms with Crippen molar-refractivity contribution in [2.75, 3.05) is 0 Å². The Morgan fingerprint density at radius 1 is 1.10 bits per heavy atom. The van der Waals surface area contributed by atoms with E-state index in [1.165, 1.54) is 12.1 Å². The van der Waals surface area contributed by atoms with Crippen molar-refractivity contribution in [2.45, 2.75) is 5.33 Å². The van der Waals surface area contributed by atoms with Crippen molar-refractivity contribution in [3.63, 3.8) is 0 Å². The van der Waals surface area contributed by atoms with Crippen LogP contribution in [0, 0.1) is 0 Å². The summed E-state index contributed by atoms with van der Waals surface area (Å²) in [6.07, 6.45) is 0. The van der Waals surface area contributed by atoms with Gasteiger partial charge in [0.05, 0.1) is 27.5 Å². The molecule has 0 atom stereocenters. The lowest BCUT2D eigenvalue weighted by molar-refractivity contribution is 0.480. The molecule has 0 saturated carbocycles. The first kappa shape index (κ1) is 12.4. The molecule has 0 unspecified atom stereocenters. The Bertz CT molecular complexity index is 1070. The minimum Gasteiger partial charge on any atom is -0.507 e. The molecule has 6 heteroatoms. The number of pyridine rings is 1. The largest absolute Gasteiger partial charge is 0.507 e. The normalized spacial score (nSPS) is 11.9. The van der Waals surface area contributed by atoms with Gasteiger partial charge in [0.1, 0.15) is 11.5 Å². The number of rotatable bonds is 1. The van der Waals surface area contributed by atoms with Crippen LogP contribution < -0.4 is 5.43 Å². The summed E-state index contributed by atoms with van der Waals surface area (Å²) in [5, 5.41) is 26.3. The highest BCUT2D eigenvalue weighted by Gasteiger charge is 2.20. The number of hydrogen-bond donors (Lipinski definition) is 2. The fraction of sp³-hybridized carbons (Fsp3) is 0.0667. The first-order valence-corrected chi connectivity index (χ1v) is 7.42. The van der Waals surface area contributed by atoms with E-state index in [1.807, 2.05) is 0 Å². The van der Waals surface area contributed by atoms with Gasteiger partial charge in [-0.25, -0.2) is 4.52 Å². The number of benzene rings is 2. The Labute approximate surface area is 126 Å². The second-order valence-electron chi connectivity index (χ2n) is 4.85. The smallest absolute Gasteiger partial charge is 0.204 e. The summed E-state index contributed by atoms with van der Waals surface area (Å²) in [6, 6.07) is 8.07. The number of alkyl halides is 1. The fourth-order valence-electron chi connectivity index (χ4n) is 2.82. The Balaban J connectivity index is 2.47. The number of aromatic nitrogens is 2. The molecular formula is C15H9BrN2O3. The van der Waals surface area contributed by atoms with Crippen molar-refractivity contribution in [2.24, 2.45) is 0 Å². The topological polar surface area (TPSA) is 74.8 Å². The lowest BCUT2D eigenvalue weighted by Gasteiger charge is -2.06. The lowest BCUT2D eigenvalue weighted by atomic mass is 10.1. The summed E-state index contributed by atoms with van der Waals surface area (Å²) < 4.78 is 1.61. The first-order chi connectivity index (χ1) is 10.1. The molecule has 2 aromatic carbocycles. The molecule has 0 radical (unpaired) electrons. The van der Waals surface area contributed by atoms with Crippen LogP contribution in [0.1, 0.15) is 5.69 Å². The second-order valence-corrected chi connectivity index (χ2v) is 5.41. The average Bonchev–Trinajstić information content (AvgIpc) is 2.84. The summed E-state index contributed by atoms with van der Waals surface area (Å²) in [5.41, 5.74) is 1.48. The van der Waals surface area contributed by atoms with Crippen LogP contribution >= 0.6 is 15.9 Å². The van der Waals surface area contributed by atoms with Crippen LogP contribution in [0.2, 0.25) is 0 Å². The molecule has 0 saturated heterocycles. The van der Waals surface area contributed by atoms with E-state index in [0.29, 0.717) is 16.4 Å². The SMILES string of the molecule is O=c1c2c(O)cccc2n2nc(CBr)c3ccc(O)c1c32. The molecule has 0 fully saturated rings. The standard InChI is InChI=1S/C15H9BrN2O3/c16-6-8-7-4-5-11(20)13-14(7)18(17-8)9-2-1-3-10(19)12(9)15(13)21/h1-5,19-20H,6H2. The van der Waals surface area contributed by atoms with Crippen molar-refractivity contribution in [3.05, 3.63) is 46.2 Å². The van der Waals surface area contributed by atoms with Crippen LogP contribution in [0.15, 0.2) is 35.1 Å². The summed E-state index contributed by atoms with van der Waals surface area (Å²) in [6.45, 7) is 0. The highest BCUT2D eigenvalue weighted by Crippen LogP contribution is 2.33. The highest BCUT2D eigenvalue weighted by atomic mass is 79.9. The molecule has 0 aliphatic rings. The number of fused-ring (bicyclic) bond motifs is 2. The van der Waals surface area contributed by atoms with Crippen molar-refractivity contribution in [3.8, 4) is 11.5 Å². The van der Waals surface area contributed by atoms with E-state index in [1.54, 1.807) is 22.7 Å². The van der Waals surface area contributed by atoms with E-state index in [-0.39, 0.29) is 27.7 Å². The second kappa shape index (κ2) is 4.08. The van der Waals surface area contributed by atoms with Crippen LogP contribution in [0.3, 0.4) is 0 Å². The van der Waals surface area contributed by atoms with Gasteiger partial charge < -0.3 is 10.2 Å². The Morgan fingerprint density at radius 3 is 2.62 bits per heavy atom. The maximum absolute atomic E-state index is 12.7. The van der Waals surface area contributed by atoms with Gasteiger partial charge in [0.25, 0.3) is 0 Å². The summed E-state index contributed by atoms with van der Waals surface area (Å²) in [4.78, 5) is 12.7. The van der Waals surface area contributed by atoms with Crippen molar-refractivity contribution in [1.29, 1.82) is 0 Å². The molecule has 4 rings (SSSR count). The third-order valence-electron chi connectivity index (χ3n) is 3.73. The number of phenolic OH excluding ortho intramolecular Hbond substituents is 2. The Morgan fingerprint density at radius 2 is 1.86 bits per heavy atom. The molecule has 4 aromatic rings. The maximum Gasteiger partial charge on any atom is 0.204 e. The van der Waals surface area contributed by atoms with Gasteiger partial charge in [-0.2, -0.15) is 5.10 Å². The van der Waals surface area contributed by atoms with E-state index in [0.717, 1.165) is 11.1 Å². The van der Waals surface area contributed by atoms with E-state index in [4.69, 9.17) is 0 Å². The third-order valence-corrected chi connectivity index (χ3v) is 4.26. The molecular weight excluding hydrogens is 336 g/mol. The molecule has 21 heavy (non-hydrogen) atoms. The quantitative estimate of drug-likeness (QED) is 0.411. The number of phenols is 2. The van der Waals surface area contributed by atoms with E-state index in [9.17, 15) is 15.0 Å². The Kier molecular flexibility index (Phi) is 2.41. The van der Waals surface area contributed by atoms with Gasteiger partial charge in [0.2, 0.25) is 5.43 Å².